The first-order valence-electron chi connectivity index (χ1n) is 18.2. The number of amidine groups is 1. The topological polar surface area (TPSA) is 229 Å². The maximum Gasteiger partial charge on any atom is 0.297 e. The third-order valence-corrected chi connectivity index (χ3v) is 10.7. The molecular weight excluding hydrogens is 808 g/mol. The number of nitrogens with zero attached hydrogens (tertiary/aromatic N) is 9. The molecule has 18 heteroatoms. The Balaban J connectivity index is 1.40. The van der Waals surface area contributed by atoms with Gasteiger partial charge < -0.3 is 4.90 Å². The number of carbonyl (C=O) groups excluding carboxylic acids is 2. The number of carbonyl (C=O) groups is 2. The molecule has 0 bridgehead atoms. The van der Waals surface area contributed by atoms with E-state index in [0.717, 1.165) is 34.1 Å². The number of hydrazine groups is 1. The number of nitrogens with one attached hydrogen (secondary N) is 1. The summed E-state index contributed by atoms with van der Waals surface area (Å²) in [6, 6.07) is 26.5. The van der Waals surface area contributed by atoms with Gasteiger partial charge in [-0.3, -0.25) is 34.4 Å². The number of nitro groups is 1. The number of halogens is 1. The number of hydrogen-bond donors (Lipinski definition) is 1. The quantitative estimate of drug-likeness (QED) is 0.0530. The van der Waals surface area contributed by atoms with Gasteiger partial charge in [0, 0.05) is 54.8 Å². The Morgan fingerprint density at radius 1 is 0.900 bits per heavy atom. The Morgan fingerprint density at radius 3 is 2.10 bits per heavy atom. The minimum atomic E-state index is -3.61. The van der Waals surface area contributed by atoms with Crippen LogP contribution in [0.2, 0.25) is 5.02 Å². The van der Waals surface area contributed by atoms with Crippen LogP contribution in [-0.4, -0.2) is 68.1 Å². The van der Waals surface area contributed by atoms with Crippen LogP contribution in [0.1, 0.15) is 57.4 Å². The highest BCUT2D eigenvalue weighted by Crippen LogP contribution is 2.30. The van der Waals surface area contributed by atoms with Crippen molar-refractivity contribution in [2.24, 2.45) is 9.98 Å². The summed E-state index contributed by atoms with van der Waals surface area (Å²) in [4.78, 5) is 49.6. The third-order valence-electron chi connectivity index (χ3n) is 9.22. The largest absolute Gasteiger partial charge is 0.369 e. The molecule has 0 saturated carbocycles. The Kier molecular flexibility index (Phi) is 14.1. The number of aliphatic imine (C=N–C) groups is 2. The summed E-state index contributed by atoms with van der Waals surface area (Å²) in [5, 5.41) is 39.8. The molecule has 0 fully saturated rings. The molecule has 16 nitrogen and oxygen atoms in total. The van der Waals surface area contributed by atoms with Crippen LogP contribution in [0.15, 0.2) is 94.5 Å². The van der Waals surface area contributed by atoms with E-state index in [4.69, 9.17) is 27.4 Å². The Morgan fingerprint density at radius 2 is 1.50 bits per heavy atom. The van der Waals surface area contributed by atoms with Crippen molar-refractivity contribution < 1.29 is 22.9 Å². The van der Waals surface area contributed by atoms with Gasteiger partial charge in [0.2, 0.25) is 10.0 Å². The van der Waals surface area contributed by atoms with E-state index in [-0.39, 0.29) is 59.2 Å². The average Bonchev–Trinajstić information content (AvgIpc) is 3.51. The van der Waals surface area contributed by atoms with E-state index in [9.17, 15) is 28.1 Å². The van der Waals surface area contributed by atoms with Crippen molar-refractivity contribution in [1.82, 2.24) is 10.4 Å². The molecule has 0 unspecified atom stereocenters. The van der Waals surface area contributed by atoms with Crippen molar-refractivity contribution in [3.8, 4) is 18.2 Å². The number of anilines is 2. The summed E-state index contributed by atoms with van der Waals surface area (Å²) in [5.74, 6) is -1.58. The molecule has 1 aliphatic rings. The van der Waals surface area contributed by atoms with Gasteiger partial charge in [-0.2, -0.15) is 20.8 Å². The van der Waals surface area contributed by atoms with Crippen LogP contribution in [0.3, 0.4) is 0 Å². The lowest BCUT2D eigenvalue weighted by Crippen LogP contribution is -2.47. The van der Waals surface area contributed by atoms with Crippen LogP contribution in [0.5, 0.6) is 0 Å². The number of benzene rings is 4. The normalized spacial score (nSPS) is 13.1. The van der Waals surface area contributed by atoms with Gasteiger partial charge in [0.05, 0.1) is 65.0 Å². The van der Waals surface area contributed by atoms with E-state index in [2.05, 4.69) is 27.5 Å². The van der Waals surface area contributed by atoms with Crippen LogP contribution >= 0.6 is 11.6 Å². The Hall–Kier alpha value is -7.39. The summed E-state index contributed by atoms with van der Waals surface area (Å²) in [6.07, 6.45) is 4.75. The zero-order valence-corrected chi connectivity index (χ0v) is 34.2. The molecule has 0 aromatic heterocycles. The average molecular weight is 845 g/mol. The van der Waals surface area contributed by atoms with Gasteiger partial charge in [0.1, 0.15) is 5.70 Å². The summed E-state index contributed by atoms with van der Waals surface area (Å²) in [7, 11) is -3.61. The molecular formula is C42H37ClN10O6S. The van der Waals surface area contributed by atoms with E-state index < -0.39 is 26.8 Å². The zero-order chi connectivity index (χ0) is 43.6. The van der Waals surface area contributed by atoms with E-state index in [1.54, 1.807) is 55.6 Å². The minimum absolute atomic E-state index is 0.0221. The molecule has 0 spiro atoms. The first-order valence-corrected chi connectivity index (χ1v) is 20.5. The maximum atomic E-state index is 14.0. The van der Waals surface area contributed by atoms with Gasteiger partial charge in [0.15, 0.2) is 5.84 Å². The molecule has 1 heterocycles. The molecule has 4 aromatic carbocycles. The molecule has 60 heavy (non-hydrogen) atoms. The molecule has 1 aliphatic heterocycles. The predicted molar refractivity (Wildman–Crippen MR) is 228 cm³/mol. The number of nitro benzene ring substituents is 1. The molecule has 4 aromatic rings. The summed E-state index contributed by atoms with van der Waals surface area (Å²) >= 11 is 6.49. The lowest BCUT2D eigenvalue weighted by atomic mass is 10.1. The van der Waals surface area contributed by atoms with Crippen molar-refractivity contribution in [3.05, 3.63) is 133 Å². The van der Waals surface area contributed by atoms with Crippen molar-refractivity contribution in [1.29, 1.82) is 15.8 Å². The van der Waals surface area contributed by atoms with Gasteiger partial charge in [-0.05, 0) is 96.8 Å². The second-order valence-electron chi connectivity index (χ2n) is 13.4. The van der Waals surface area contributed by atoms with Crippen LogP contribution < -0.4 is 14.6 Å². The fourth-order valence-corrected chi connectivity index (χ4v) is 7.23. The van der Waals surface area contributed by atoms with Crippen LogP contribution in [0.4, 0.5) is 22.7 Å². The van der Waals surface area contributed by atoms with Crippen molar-refractivity contribution in [3.63, 3.8) is 0 Å². The minimum Gasteiger partial charge on any atom is -0.369 e. The Labute approximate surface area is 351 Å². The molecule has 2 amide bonds. The Bertz CT molecular complexity index is 2660. The van der Waals surface area contributed by atoms with Crippen molar-refractivity contribution in [2.75, 3.05) is 35.1 Å². The van der Waals surface area contributed by atoms with Crippen molar-refractivity contribution >= 4 is 74.3 Å². The highest BCUT2D eigenvalue weighted by molar-refractivity contribution is 7.92. The zero-order valence-electron chi connectivity index (χ0n) is 32.7. The smallest absolute Gasteiger partial charge is 0.297 e. The molecule has 304 valence electrons. The number of hydrogen-bond acceptors (Lipinski definition) is 12. The SMILES string of the molecule is Cc1cc(N(CCC#N)S(C)(=O)=O)ccc1C=Nc1ccc(C(=O)NN2C(=O)/C(=C/c3ccc(N(CCC#N)CCC#N)cc3C)N=C2c2cc([N+](=O)[O-])ccc2Cl)cc1. The number of aryl methyl sites for hydroxylation is 2. The van der Waals surface area contributed by atoms with Gasteiger partial charge >= 0.3 is 0 Å². The lowest BCUT2D eigenvalue weighted by Gasteiger charge is -2.23. The standard InChI is InChI=1S/C42H37ClN10O6S/c1-28-23-34(50(20-4-17-44)21-5-18-45)13-9-31(28)25-39-42(55)52(40(48-39)37-26-36(53(56)57)15-16-38(37)43)49-41(54)30-7-11-33(12-8-30)47-27-32-10-14-35(24-29(32)2)51(22-6-19-46)60(3,58)59/h7-16,23-27H,4-6,20-22H2,1-3H3,(H,49,54)/b39-25-,47-27?. The molecule has 0 saturated heterocycles. The lowest BCUT2D eigenvalue weighted by molar-refractivity contribution is -0.384. The fourth-order valence-electron chi connectivity index (χ4n) is 6.11. The van der Waals surface area contributed by atoms with Gasteiger partial charge in [-0.25, -0.2) is 13.4 Å². The first kappa shape index (κ1) is 43.7. The monoisotopic (exact) mass is 844 g/mol. The summed E-state index contributed by atoms with van der Waals surface area (Å²) in [6.45, 7) is 4.49. The van der Waals surface area contributed by atoms with Crippen LogP contribution in [0.25, 0.3) is 6.08 Å². The highest BCUT2D eigenvalue weighted by Gasteiger charge is 2.35. The molecule has 5 rings (SSSR count). The van der Waals surface area contributed by atoms with E-state index in [0.29, 0.717) is 35.6 Å². The first-order chi connectivity index (χ1) is 28.6. The second-order valence-corrected chi connectivity index (χ2v) is 15.7. The maximum absolute atomic E-state index is 14.0. The van der Waals surface area contributed by atoms with E-state index in [1.807, 2.05) is 24.0 Å². The van der Waals surface area contributed by atoms with Gasteiger partial charge in [-0.15, -0.1) is 0 Å². The van der Waals surface area contributed by atoms with E-state index >= 15 is 0 Å². The number of non-ortho nitro benzene ring substituents is 1. The van der Waals surface area contributed by atoms with Crippen molar-refractivity contribution in [2.45, 2.75) is 33.1 Å². The molecule has 0 radical (unpaired) electrons. The van der Waals surface area contributed by atoms with Crippen LogP contribution in [0, 0.1) is 58.0 Å². The summed E-state index contributed by atoms with van der Waals surface area (Å²) < 4.78 is 25.8. The number of rotatable bonds is 16. The highest BCUT2D eigenvalue weighted by atomic mass is 35.5. The van der Waals surface area contributed by atoms with Gasteiger partial charge in [-0.1, -0.05) is 23.7 Å². The van der Waals surface area contributed by atoms with Crippen LogP contribution in [-0.2, 0) is 14.8 Å². The molecule has 1 N–H and O–H groups in total. The molecule has 0 atom stereocenters. The molecule has 0 aliphatic carbocycles. The summed E-state index contributed by atoms with van der Waals surface area (Å²) in [5.41, 5.74) is 6.83. The third kappa shape index (κ3) is 10.6. The number of nitriles is 3. The van der Waals surface area contributed by atoms with E-state index in [1.165, 1.54) is 34.6 Å². The number of amides is 2. The number of sulfonamides is 1. The predicted octanol–water partition coefficient (Wildman–Crippen LogP) is 6.90. The second kappa shape index (κ2) is 19.4. The fraction of sp³-hybridized carbons (Fsp3) is 0.214. The van der Waals surface area contributed by atoms with Gasteiger partial charge in [0.25, 0.3) is 17.5 Å².